The minimum absolute atomic E-state index is 0.0963. The van der Waals surface area contributed by atoms with Crippen LogP contribution in [0.4, 0.5) is 10.1 Å². The van der Waals surface area contributed by atoms with E-state index >= 15 is 0 Å². The summed E-state index contributed by atoms with van der Waals surface area (Å²) in [4.78, 5) is 41.2. The van der Waals surface area contributed by atoms with Crippen LogP contribution in [0, 0.1) is 22.1 Å². The highest BCUT2D eigenvalue weighted by Crippen LogP contribution is 2.69. The van der Waals surface area contributed by atoms with Crippen LogP contribution in [-0.2, 0) is 20.8 Å². The molecule has 1 aromatic rings. The van der Waals surface area contributed by atoms with Crippen LogP contribution in [0.25, 0.3) is 0 Å². The van der Waals surface area contributed by atoms with Crippen molar-refractivity contribution in [2.75, 3.05) is 4.90 Å². The van der Waals surface area contributed by atoms with E-state index in [-0.39, 0.29) is 17.8 Å². The van der Waals surface area contributed by atoms with Crippen molar-refractivity contribution >= 4 is 23.2 Å². The van der Waals surface area contributed by atoms with E-state index in [9.17, 15) is 18.8 Å². The summed E-state index contributed by atoms with van der Waals surface area (Å²) in [6.45, 7) is 7.52. The molecule has 1 heterocycles. The fourth-order valence-corrected chi connectivity index (χ4v) is 5.48. The standard InChI is InChI=1S/C21H24FNO3/c1-12-5-6-13-11-14(22)7-8-15(13)23(12)18(26)21-10-9-20(4,19(21,2)3)16(24)17(21)25/h7-8,11-12H,5-6,9-10H2,1-4H3/t12-,20-,21+/m0/s1. The van der Waals surface area contributed by atoms with Gasteiger partial charge < -0.3 is 4.90 Å². The molecule has 1 aliphatic heterocycles. The minimum Gasteiger partial charge on any atom is -0.308 e. The Morgan fingerprint density at radius 3 is 2.46 bits per heavy atom. The van der Waals surface area contributed by atoms with Crippen molar-refractivity contribution in [2.45, 2.75) is 59.4 Å². The number of anilines is 1. The van der Waals surface area contributed by atoms with E-state index in [1.165, 1.54) is 12.1 Å². The number of carbonyl (C=O) groups excluding carboxylic acids is 3. The van der Waals surface area contributed by atoms with Crippen LogP contribution >= 0.6 is 0 Å². The van der Waals surface area contributed by atoms with Gasteiger partial charge in [0.2, 0.25) is 17.5 Å². The van der Waals surface area contributed by atoms with Gasteiger partial charge >= 0.3 is 0 Å². The van der Waals surface area contributed by atoms with E-state index in [2.05, 4.69) is 0 Å². The molecule has 0 radical (unpaired) electrons. The molecule has 0 saturated heterocycles. The van der Waals surface area contributed by atoms with Crippen LogP contribution in [0.5, 0.6) is 0 Å². The molecule has 1 aromatic carbocycles. The lowest BCUT2D eigenvalue weighted by Crippen LogP contribution is -2.56. The molecule has 2 aliphatic carbocycles. The zero-order valence-corrected chi connectivity index (χ0v) is 15.7. The number of halogens is 1. The molecule has 2 bridgehead atoms. The first-order chi connectivity index (χ1) is 12.1. The monoisotopic (exact) mass is 357 g/mol. The lowest BCUT2D eigenvalue weighted by Gasteiger charge is -2.44. The van der Waals surface area contributed by atoms with Crippen molar-refractivity contribution < 1.29 is 18.8 Å². The van der Waals surface area contributed by atoms with Crippen LogP contribution in [0.2, 0.25) is 0 Å². The summed E-state index contributed by atoms with van der Waals surface area (Å²) in [5.41, 5.74) is -1.38. The first kappa shape index (κ1) is 17.4. The largest absolute Gasteiger partial charge is 0.308 e. The number of ketones is 2. The summed E-state index contributed by atoms with van der Waals surface area (Å²) in [7, 11) is 0. The lowest BCUT2D eigenvalue weighted by molar-refractivity contribution is -0.148. The van der Waals surface area contributed by atoms with Gasteiger partial charge in [-0.3, -0.25) is 14.4 Å². The minimum atomic E-state index is -1.31. The zero-order chi connectivity index (χ0) is 19.1. The van der Waals surface area contributed by atoms with Crippen LogP contribution in [-0.4, -0.2) is 23.5 Å². The molecule has 2 saturated carbocycles. The number of aryl methyl sites for hydroxylation is 1. The molecule has 3 aliphatic rings. The molecular formula is C21H24FNO3. The molecule has 0 unspecified atom stereocenters. The smallest absolute Gasteiger partial charge is 0.242 e. The maximum Gasteiger partial charge on any atom is 0.242 e. The number of Topliss-reactive ketones (excluding diaryl/α,β-unsaturated/α-hetero) is 2. The molecule has 26 heavy (non-hydrogen) atoms. The summed E-state index contributed by atoms with van der Waals surface area (Å²) >= 11 is 0. The zero-order valence-electron chi connectivity index (χ0n) is 15.7. The summed E-state index contributed by atoms with van der Waals surface area (Å²) in [6.07, 6.45) is 2.35. The topological polar surface area (TPSA) is 54.5 Å². The molecule has 4 nitrogen and oxygen atoms in total. The van der Waals surface area contributed by atoms with E-state index in [4.69, 9.17) is 0 Å². The molecule has 3 atom stereocenters. The van der Waals surface area contributed by atoms with E-state index in [1.807, 2.05) is 27.7 Å². The summed E-state index contributed by atoms with van der Waals surface area (Å²) in [5, 5.41) is 0. The van der Waals surface area contributed by atoms with Gasteiger partial charge in [0, 0.05) is 17.1 Å². The molecule has 2 fully saturated rings. The predicted octanol–water partition coefficient (Wildman–Crippen LogP) is 3.46. The van der Waals surface area contributed by atoms with Gasteiger partial charge in [0.1, 0.15) is 11.2 Å². The molecule has 0 aromatic heterocycles. The molecule has 4 rings (SSSR count). The normalized spacial score (nSPS) is 35.0. The number of hydrogen-bond donors (Lipinski definition) is 0. The maximum absolute atomic E-state index is 13.8. The Balaban J connectivity index is 1.87. The fourth-order valence-electron chi connectivity index (χ4n) is 5.48. The lowest BCUT2D eigenvalue weighted by atomic mass is 9.64. The van der Waals surface area contributed by atoms with E-state index in [0.717, 1.165) is 5.56 Å². The van der Waals surface area contributed by atoms with Gasteiger partial charge in [0.15, 0.2) is 0 Å². The number of benzene rings is 1. The van der Waals surface area contributed by atoms with Crippen LogP contribution in [0.15, 0.2) is 18.2 Å². The second-order valence-corrected chi connectivity index (χ2v) is 8.86. The van der Waals surface area contributed by atoms with Gasteiger partial charge in [-0.15, -0.1) is 0 Å². The van der Waals surface area contributed by atoms with Gasteiger partial charge in [-0.05, 0) is 61.8 Å². The third-order valence-corrected chi connectivity index (χ3v) is 7.70. The maximum atomic E-state index is 13.8. The molecule has 0 spiro atoms. The quantitative estimate of drug-likeness (QED) is 0.571. The van der Waals surface area contributed by atoms with Gasteiger partial charge in [0.25, 0.3) is 0 Å². The fraction of sp³-hybridized carbons (Fsp3) is 0.571. The first-order valence-corrected chi connectivity index (χ1v) is 9.29. The Labute approximate surface area is 152 Å². The Morgan fingerprint density at radius 2 is 1.85 bits per heavy atom. The average molecular weight is 357 g/mol. The Bertz CT molecular complexity index is 861. The summed E-state index contributed by atoms with van der Waals surface area (Å²) < 4.78 is 13.7. The van der Waals surface area contributed by atoms with Gasteiger partial charge in [-0.2, -0.15) is 0 Å². The van der Waals surface area contributed by atoms with Crippen molar-refractivity contribution in [1.82, 2.24) is 0 Å². The van der Waals surface area contributed by atoms with Gasteiger partial charge in [-0.1, -0.05) is 20.8 Å². The highest BCUT2D eigenvalue weighted by molar-refractivity contribution is 6.49. The second-order valence-electron chi connectivity index (χ2n) is 8.86. The van der Waals surface area contributed by atoms with E-state index in [0.29, 0.717) is 31.4 Å². The summed E-state index contributed by atoms with van der Waals surface area (Å²) in [5.74, 6) is -1.57. The number of fused-ring (bicyclic) bond motifs is 3. The Kier molecular flexibility index (Phi) is 3.36. The van der Waals surface area contributed by atoms with Crippen molar-refractivity contribution in [3.05, 3.63) is 29.6 Å². The number of carbonyl (C=O) groups is 3. The highest BCUT2D eigenvalue weighted by atomic mass is 19.1. The molecule has 5 heteroatoms. The van der Waals surface area contributed by atoms with Crippen molar-refractivity contribution in [1.29, 1.82) is 0 Å². The third-order valence-electron chi connectivity index (χ3n) is 7.70. The SMILES string of the molecule is C[C@H]1CCc2cc(F)ccc2N1C(=O)[C@@]12CC[C@@](C)(C(=O)C1=O)C2(C)C. The molecule has 0 N–H and O–H groups in total. The van der Waals surface area contributed by atoms with Gasteiger partial charge in [-0.25, -0.2) is 4.39 Å². The van der Waals surface area contributed by atoms with E-state index in [1.54, 1.807) is 11.0 Å². The third kappa shape index (κ3) is 1.72. The number of amides is 1. The summed E-state index contributed by atoms with van der Waals surface area (Å²) in [6, 6.07) is 4.34. The van der Waals surface area contributed by atoms with Crippen LogP contribution in [0.3, 0.4) is 0 Å². The predicted molar refractivity (Wildman–Crippen MR) is 95.2 cm³/mol. The van der Waals surface area contributed by atoms with Crippen molar-refractivity contribution in [3.63, 3.8) is 0 Å². The van der Waals surface area contributed by atoms with E-state index < -0.39 is 27.8 Å². The second kappa shape index (κ2) is 5.02. The van der Waals surface area contributed by atoms with Crippen molar-refractivity contribution in [2.24, 2.45) is 16.2 Å². The molecule has 1 amide bonds. The molecular weight excluding hydrogens is 333 g/mol. The highest BCUT2D eigenvalue weighted by Gasteiger charge is 2.78. The Morgan fingerprint density at radius 1 is 1.15 bits per heavy atom. The number of hydrogen-bond acceptors (Lipinski definition) is 3. The van der Waals surface area contributed by atoms with Crippen molar-refractivity contribution in [3.8, 4) is 0 Å². The van der Waals surface area contributed by atoms with Crippen LogP contribution < -0.4 is 4.90 Å². The number of nitrogens with zero attached hydrogens (tertiary/aromatic N) is 1. The number of rotatable bonds is 1. The Hall–Kier alpha value is -2.04. The van der Waals surface area contributed by atoms with Crippen LogP contribution in [0.1, 0.15) is 52.5 Å². The average Bonchev–Trinajstić information content (AvgIpc) is 2.86. The molecule has 138 valence electrons. The van der Waals surface area contributed by atoms with Gasteiger partial charge in [0.05, 0.1) is 0 Å². The first-order valence-electron chi connectivity index (χ1n) is 9.29.